The Morgan fingerprint density at radius 1 is 0.821 bits per heavy atom. The molecule has 1 unspecified atom stereocenters. The van der Waals surface area contributed by atoms with E-state index in [0.29, 0.717) is 12.1 Å². The van der Waals surface area contributed by atoms with E-state index in [2.05, 4.69) is 84.9 Å². The van der Waals surface area contributed by atoms with Crippen molar-refractivity contribution < 1.29 is 4.74 Å². The van der Waals surface area contributed by atoms with Crippen molar-refractivity contribution in [1.82, 2.24) is 35.6 Å². The Bertz CT molecular complexity index is 301. The molecule has 0 bridgehead atoms. The Morgan fingerprint density at radius 2 is 1.21 bits per heavy atom. The zero-order valence-electron chi connectivity index (χ0n) is 20.5. The Balaban J connectivity index is 0. The van der Waals surface area contributed by atoms with E-state index in [1.807, 2.05) is 14.1 Å². The molecule has 1 aliphatic rings. The van der Waals surface area contributed by atoms with Crippen LogP contribution in [0.2, 0.25) is 0 Å². The summed E-state index contributed by atoms with van der Waals surface area (Å²) in [5.74, 6) is 0. The third-order valence-electron chi connectivity index (χ3n) is 4.28. The average Bonchev–Trinajstić information content (AvgIpc) is 2.61. The summed E-state index contributed by atoms with van der Waals surface area (Å²) in [6.07, 6.45) is 0. The molecule has 0 amide bonds. The van der Waals surface area contributed by atoms with Crippen LogP contribution in [0.15, 0.2) is 0 Å². The van der Waals surface area contributed by atoms with Crippen molar-refractivity contribution in [1.29, 1.82) is 0 Å². The van der Waals surface area contributed by atoms with Crippen molar-refractivity contribution in [2.24, 2.45) is 0 Å². The van der Waals surface area contributed by atoms with E-state index in [1.54, 1.807) is 7.11 Å². The first-order valence-corrected chi connectivity index (χ1v) is 10.3. The fourth-order valence-electron chi connectivity index (χ4n) is 2.77. The summed E-state index contributed by atoms with van der Waals surface area (Å²) >= 11 is 0. The van der Waals surface area contributed by atoms with Crippen LogP contribution in [-0.2, 0) is 4.74 Å². The predicted molar refractivity (Wildman–Crippen MR) is 124 cm³/mol. The highest BCUT2D eigenvalue weighted by molar-refractivity contribution is 4.69. The number of nitrogens with zero attached hydrogens (tertiary/aromatic N) is 4. The monoisotopic (exact) mass is 405 g/mol. The molecule has 0 spiro atoms. The van der Waals surface area contributed by atoms with Crippen LogP contribution in [0.25, 0.3) is 0 Å². The van der Waals surface area contributed by atoms with Crippen LogP contribution in [0.3, 0.4) is 0 Å². The summed E-state index contributed by atoms with van der Waals surface area (Å²) in [6.45, 7) is 8.72. The van der Waals surface area contributed by atoms with Crippen molar-refractivity contribution in [2.75, 3.05) is 123 Å². The molecule has 1 aliphatic heterocycles. The number of hydrogen-bond donors (Lipinski definition) is 3. The maximum atomic E-state index is 5.01. The van der Waals surface area contributed by atoms with E-state index in [9.17, 15) is 0 Å². The van der Waals surface area contributed by atoms with Crippen LogP contribution < -0.4 is 16.0 Å². The van der Waals surface area contributed by atoms with Crippen molar-refractivity contribution in [2.45, 2.75) is 12.1 Å². The van der Waals surface area contributed by atoms with Gasteiger partial charge in [-0.05, 0) is 63.4 Å². The zero-order valence-corrected chi connectivity index (χ0v) is 20.5. The number of ether oxygens (including phenoxy) is 1. The second kappa shape index (κ2) is 20.0. The first-order chi connectivity index (χ1) is 13.2. The molecule has 8 heteroatoms. The standard InChI is InChI=1S/C8H21N3.C7H18N2O.C5H12N2/c1-9-8(6-10(2)3)7-11(4)5;1-8-7(6-10-4)5-9(2)3;1-7-4-2-6-3-5-7/h8-9H,6-7H2,1-5H3;7-8H,5-6H2,1-4H3;6H,2-5H2,1H3. The second-order valence-corrected chi connectivity index (χ2v) is 8.27. The normalized spacial score (nSPS) is 16.1. The average molecular weight is 406 g/mol. The Kier molecular flexibility index (Phi) is 21.3. The molecule has 0 aromatic heterocycles. The van der Waals surface area contributed by atoms with Crippen molar-refractivity contribution >= 4 is 0 Å². The molecule has 1 atom stereocenters. The van der Waals surface area contributed by atoms with Gasteiger partial charge in [0.1, 0.15) is 0 Å². The lowest BCUT2D eigenvalue weighted by Gasteiger charge is -2.23. The van der Waals surface area contributed by atoms with Crippen LogP contribution in [0.4, 0.5) is 0 Å². The maximum Gasteiger partial charge on any atom is 0.0628 e. The van der Waals surface area contributed by atoms with Gasteiger partial charge in [0.25, 0.3) is 0 Å². The molecule has 0 radical (unpaired) electrons. The molecular formula is C20H51N7O. The van der Waals surface area contributed by atoms with Gasteiger partial charge in [0.05, 0.1) is 6.61 Å². The SMILES string of the molecule is CN1CCNCC1.CNC(CN(C)C)CN(C)C.CNC(COC)CN(C)C. The number of methoxy groups -OCH3 is 1. The predicted octanol–water partition coefficient (Wildman–Crippen LogP) is -0.999. The quantitative estimate of drug-likeness (QED) is 0.428. The summed E-state index contributed by atoms with van der Waals surface area (Å²) in [4.78, 5) is 8.87. The number of nitrogens with one attached hydrogen (secondary N) is 3. The van der Waals surface area contributed by atoms with Gasteiger partial charge in [-0.15, -0.1) is 0 Å². The molecule has 0 aromatic carbocycles. The zero-order chi connectivity index (χ0) is 21.9. The van der Waals surface area contributed by atoms with Crippen LogP contribution in [0, 0.1) is 0 Å². The lowest BCUT2D eigenvalue weighted by atomic mass is 10.3. The van der Waals surface area contributed by atoms with Gasteiger partial charge in [0.15, 0.2) is 0 Å². The molecule has 0 aromatic rings. The minimum Gasteiger partial charge on any atom is -0.383 e. The fourth-order valence-corrected chi connectivity index (χ4v) is 2.77. The highest BCUT2D eigenvalue weighted by Gasteiger charge is 2.07. The first-order valence-electron chi connectivity index (χ1n) is 10.3. The minimum atomic E-state index is 0.444. The summed E-state index contributed by atoms with van der Waals surface area (Å²) in [7, 11) is 20.3. The third-order valence-corrected chi connectivity index (χ3v) is 4.28. The molecule has 1 rings (SSSR count). The summed E-state index contributed by atoms with van der Waals surface area (Å²) in [5.41, 5.74) is 0. The largest absolute Gasteiger partial charge is 0.383 e. The number of rotatable bonds is 10. The lowest BCUT2D eigenvalue weighted by molar-refractivity contribution is 0.155. The molecule has 0 saturated carbocycles. The first kappa shape index (κ1) is 29.9. The van der Waals surface area contributed by atoms with Crippen LogP contribution in [-0.4, -0.2) is 155 Å². The van der Waals surface area contributed by atoms with Crippen LogP contribution in [0.1, 0.15) is 0 Å². The molecule has 28 heavy (non-hydrogen) atoms. The molecule has 0 aliphatic carbocycles. The molecule has 1 fully saturated rings. The van der Waals surface area contributed by atoms with E-state index >= 15 is 0 Å². The van der Waals surface area contributed by atoms with E-state index in [-0.39, 0.29) is 0 Å². The van der Waals surface area contributed by atoms with Crippen LogP contribution in [0.5, 0.6) is 0 Å². The van der Waals surface area contributed by atoms with Crippen molar-refractivity contribution in [3.05, 3.63) is 0 Å². The van der Waals surface area contributed by atoms with Gasteiger partial charge >= 0.3 is 0 Å². The van der Waals surface area contributed by atoms with Gasteiger partial charge in [-0.2, -0.15) is 0 Å². The van der Waals surface area contributed by atoms with Crippen molar-refractivity contribution in [3.8, 4) is 0 Å². The van der Waals surface area contributed by atoms with Gasteiger partial charge in [0.2, 0.25) is 0 Å². The minimum absolute atomic E-state index is 0.444. The molecule has 172 valence electrons. The fraction of sp³-hybridized carbons (Fsp3) is 1.00. The highest BCUT2D eigenvalue weighted by Crippen LogP contribution is 1.88. The highest BCUT2D eigenvalue weighted by atomic mass is 16.5. The molecule has 1 heterocycles. The molecular weight excluding hydrogens is 354 g/mol. The van der Waals surface area contributed by atoms with Gasteiger partial charge in [0, 0.05) is 65.0 Å². The second-order valence-electron chi connectivity index (χ2n) is 8.27. The van der Waals surface area contributed by atoms with Crippen molar-refractivity contribution in [3.63, 3.8) is 0 Å². The van der Waals surface area contributed by atoms with E-state index in [0.717, 1.165) is 39.3 Å². The molecule has 8 nitrogen and oxygen atoms in total. The lowest BCUT2D eigenvalue weighted by Crippen LogP contribution is -2.43. The number of likely N-dealkylation sites (N-methyl/N-ethyl adjacent to an activating group) is 6. The maximum absolute atomic E-state index is 5.01. The summed E-state index contributed by atoms with van der Waals surface area (Å²) in [6, 6.07) is 1.01. The summed E-state index contributed by atoms with van der Waals surface area (Å²) < 4.78 is 5.01. The van der Waals surface area contributed by atoms with Crippen LogP contribution >= 0.6 is 0 Å². The third kappa shape index (κ3) is 22.0. The Labute approximate surface area is 175 Å². The number of piperazine rings is 1. The number of hydrogen-bond acceptors (Lipinski definition) is 8. The van der Waals surface area contributed by atoms with Gasteiger partial charge in [-0.3, -0.25) is 0 Å². The van der Waals surface area contributed by atoms with Gasteiger partial charge in [-0.1, -0.05) is 0 Å². The molecule has 3 N–H and O–H groups in total. The molecule has 1 saturated heterocycles. The summed E-state index contributed by atoms with van der Waals surface area (Å²) in [5, 5.41) is 9.72. The Morgan fingerprint density at radius 3 is 1.46 bits per heavy atom. The van der Waals surface area contributed by atoms with Gasteiger partial charge in [-0.25, -0.2) is 0 Å². The smallest absolute Gasteiger partial charge is 0.0628 e. The topological polar surface area (TPSA) is 58.3 Å². The van der Waals surface area contributed by atoms with Gasteiger partial charge < -0.3 is 40.3 Å². The van der Waals surface area contributed by atoms with E-state index in [1.165, 1.54) is 13.1 Å². The Hall–Kier alpha value is -0.320. The van der Waals surface area contributed by atoms with E-state index < -0.39 is 0 Å². The van der Waals surface area contributed by atoms with E-state index in [4.69, 9.17) is 4.74 Å².